The fourth-order valence-electron chi connectivity index (χ4n) is 2.84. The van der Waals surface area contributed by atoms with E-state index in [0.717, 1.165) is 27.3 Å². The summed E-state index contributed by atoms with van der Waals surface area (Å²) < 4.78 is 7.58. The number of nitrogens with zero attached hydrogens (tertiary/aromatic N) is 4. The zero-order chi connectivity index (χ0) is 17.9. The lowest BCUT2D eigenvalue weighted by Gasteiger charge is -2.04. The van der Waals surface area contributed by atoms with Gasteiger partial charge in [-0.15, -0.1) is 6.58 Å². The Morgan fingerprint density at radius 2 is 1.92 bits per heavy atom. The van der Waals surface area contributed by atoms with E-state index in [-0.39, 0.29) is 0 Å². The molecule has 0 saturated heterocycles. The normalized spacial score (nSPS) is 11.1. The van der Waals surface area contributed by atoms with E-state index >= 15 is 0 Å². The highest BCUT2D eigenvalue weighted by molar-refractivity contribution is 7.98. The average Bonchev–Trinajstić information content (AvgIpc) is 3.26. The third-order valence-electron chi connectivity index (χ3n) is 4.11. The number of fused-ring (bicyclic) bond motifs is 1. The quantitative estimate of drug-likeness (QED) is 0.362. The molecule has 0 saturated carbocycles. The molecule has 5 nitrogen and oxygen atoms in total. The number of allylic oxidation sites excluding steroid dienone is 1. The standard InChI is InChI=1S/C20H18N4OS/c1-3-12-24-17-11-7-6-10-16(17)21-20(24)26-13-18-22-19(23-25-18)15-9-5-4-8-14(15)2/h3-11H,1,12-13H2,2H3. The van der Waals surface area contributed by atoms with Crippen LogP contribution in [-0.4, -0.2) is 19.7 Å². The van der Waals surface area contributed by atoms with E-state index in [9.17, 15) is 0 Å². The van der Waals surface area contributed by atoms with Crippen molar-refractivity contribution in [2.24, 2.45) is 0 Å². The van der Waals surface area contributed by atoms with Crippen LogP contribution in [0.2, 0.25) is 0 Å². The molecule has 0 aliphatic carbocycles. The average molecular weight is 362 g/mol. The highest BCUT2D eigenvalue weighted by atomic mass is 32.2. The first-order chi connectivity index (χ1) is 12.8. The minimum atomic E-state index is 0.569. The maximum atomic E-state index is 5.43. The van der Waals surface area contributed by atoms with E-state index in [2.05, 4.69) is 27.4 Å². The Kier molecular flexibility index (Phi) is 4.58. The van der Waals surface area contributed by atoms with Crippen molar-refractivity contribution in [1.29, 1.82) is 0 Å². The maximum absolute atomic E-state index is 5.43. The number of hydrogen-bond acceptors (Lipinski definition) is 5. The van der Waals surface area contributed by atoms with Crippen molar-refractivity contribution in [2.45, 2.75) is 24.4 Å². The van der Waals surface area contributed by atoms with Crippen LogP contribution in [0.4, 0.5) is 0 Å². The first-order valence-corrected chi connectivity index (χ1v) is 9.32. The summed E-state index contributed by atoms with van der Waals surface area (Å²) in [6.07, 6.45) is 1.88. The minimum Gasteiger partial charge on any atom is -0.338 e. The van der Waals surface area contributed by atoms with Crippen LogP contribution in [0, 0.1) is 6.92 Å². The molecule has 2 aromatic carbocycles. The van der Waals surface area contributed by atoms with Crippen LogP contribution >= 0.6 is 11.8 Å². The number of imidazole rings is 1. The molecule has 4 rings (SSSR count). The molecule has 6 heteroatoms. The molecule has 0 N–H and O–H groups in total. The van der Waals surface area contributed by atoms with Gasteiger partial charge < -0.3 is 9.09 Å². The van der Waals surface area contributed by atoms with Gasteiger partial charge in [-0.05, 0) is 24.6 Å². The van der Waals surface area contributed by atoms with Crippen LogP contribution < -0.4 is 0 Å². The van der Waals surface area contributed by atoms with Crippen molar-refractivity contribution < 1.29 is 4.52 Å². The highest BCUT2D eigenvalue weighted by Gasteiger charge is 2.14. The fraction of sp³-hybridized carbons (Fsp3) is 0.150. The van der Waals surface area contributed by atoms with Crippen LogP contribution in [0.1, 0.15) is 11.5 Å². The lowest BCUT2D eigenvalue weighted by atomic mass is 10.1. The van der Waals surface area contributed by atoms with Gasteiger partial charge in [-0.2, -0.15) is 4.98 Å². The predicted molar refractivity (Wildman–Crippen MR) is 104 cm³/mol. The topological polar surface area (TPSA) is 56.7 Å². The van der Waals surface area contributed by atoms with Crippen molar-refractivity contribution in [3.63, 3.8) is 0 Å². The van der Waals surface area contributed by atoms with Crippen LogP contribution in [0.15, 0.2) is 70.9 Å². The smallest absolute Gasteiger partial charge is 0.237 e. The number of aromatic nitrogens is 4. The maximum Gasteiger partial charge on any atom is 0.237 e. The summed E-state index contributed by atoms with van der Waals surface area (Å²) in [5.74, 6) is 1.78. The molecule has 0 aliphatic rings. The van der Waals surface area contributed by atoms with Gasteiger partial charge in [0.2, 0.25) is 11.7 Å². The van der Waals surface area contributed by atoms with Crippen molar-refractivity contribution in [3.8, 4) is 11.4 Å². The Bertz CT molecular complexity index is 1070. The molecule has 0 aliphatic heterocycles. The van der Waals surface area contributed by atoms with Crippen LogP contribution in [0.25, 0.3) is 22.4 Å². The Hall–Kier alpha value is -2.86. The number of hydrogen-bond donors (Lipinski definition) is 0. The summed E-state index contributed by atoms with van der Waals surface area (Å²) in [4.78, 5) is 9.24. The summed E-state index contributed by atoms with van der Waals surface area (Å²) in [6, 6.07) is 16.1. The number of thioether (sulfide) groups is 1. The first kappa shape index (κ1) is 16.6. The second kappa shape index (κ2) is 7.17. The predicted octanol–water partition coefficient (Wildman–Crippen LogP) is 4.87. The first-order valence-electron chi connectivity index (χ1n) is 8.34. The molecule has 0 fully saturated rings. The number of aryl methyl sites for hydroxylation is 1. The third-order valence-corrected chi connectivity index (χ3v) is 5.07. The molecule has 26 heavy (non-hydrogen) atoms. The molecular weight excluding hydrogens is 344 g/mol. The summed E-state index contributed by atoms with van der Waals surface area (Å²) in [5.41, 5.74) is 4.19. The van der Waals surface area contributed by atoms with Crippen molar-refractivity contribution in [1.82, 2.24) is 19.7 Å². The molecule has 0 atom stereocenters. The molecule has 4 aromatic rings. The van der Waals surface area contributed by atoms with Crippen molar-refractivity contribution in [2.75, 3.05) is 0 Å². The van der Waals surface area contributed by atoms with Gasteiger partial charge in [0.15, 0.2) is 5.16 Å². The Labute approximate surface area is 155 Å². The Morgan fingerprint density at radius 1 is 1.12 bits per heavy atom. The molecular formula is C20H18N4OS. The van der Waals surface area contributed by atoms with Gasteiger partial charge in [-0.25, -0.2) is 4.98 Å². The molecule has 2 heterocycles. The molecule has 0 unspecified atom stereocenters. The molecule has 0 bridgehead atoms. The van der Waals surface area contributed by atoms with Crippen LogP contribution in [-0.2, 0) is 12.3 Å². The number of para-hydroxylation sites is 2. The molecule has 0 spiro atoms. The second-order valence-electron chi connectivity index (χ2n) is 5.90. The van der Waals surface area contributed by atoms with E-state index < -0.39 is 0 Å². The van der Waals surface area contributed by atoms with E-state index in [1.165, 1.54) is 0 Å². The van der Waals surface area contributed by atoms with E-state index in [4.69, 9.17) is 9.51 Å². The Morgan fingerprint density at radius 3 is 2.77 bits per heavy atom. The van der Waals surface area contributed by atoms with Crippen molar-refractivity contribution in [3.05, 3.63) is 72.6 Å². The minimum absolute atomic E-state index is 0.569. The van der Waals surface area contributed by atoms with Gasteiger partial charge in [-0.3, -0.25) is 0 Å². The van der Waals surface area contributed by atoms with E-state index in [1.54, 1.807) is 11.8 Å². The van der Waals surface area contributed by atoms with Gasteiger partial charge in [0.1, 0.15) is 0 Å². The summed E-state index contributed by atoms with van der Waals surface area (Å²) in [5, 5.41) is 5.04. The monoisotopic (exact) mass is 362 g/mol. The lowest BCUT2D eigenvalue weighted by molar-refractivity contribution is 0.391. The molecule has 0 radical (unpaired) electrons. The lowest BCUT2D eigenvalue weighted by Crippen LogP contribution is -1.97. The molecule has 2 aromatic heterocycles. The fourth-order valence-corrected chi connectivity index (χ4v) is 3.70. The SMILES string of the molecule is C=CCn1c(SCc2nc(-c3ccccc3C)no2)nc2ccccc21. The second-order valence-corrected chi connectivity index (χ2v) is 6.84. The zero-order valence-corrected chi connectivity index (χ0v) is 15.2. The summed E-state index contributed by atoms with van der Waals surface area (Å²) in [7, 11) is 0. The van der Waals surface area contributed by atoms with Crippen molar-refractivity contribution >= 4 is 22.8 Å². The molecule has 0 amide bonds. The third kappa shape index (κ3) is 3.15. The summed E-state index contributed by atoms with van der Waals surface area (Å²) >= 11 is 1.59. The van der Waals surface area contributed by atoms with Gasteiger partial charge in [-0.1, -0.05) is 59.4 Å². The Balaban J connectivity index is 1.57. The summed E-state index contributed by atoms with van der Waals surface area (Å²) in [6.45, 7) is 6.60. The molecule has 130 valence electrons. The number of rotatable bonds is 6. The van der Waals surface area contributed by atoms with Crippen LogP contribution in [0.5, 0.6) is 0 Å². The number of benzene rings is 2. The van der Waals surface area contributed by atoms with Gasteiger partial charge in [0.05, 0.1) is 16.8 Å². The largest absolute Gasteiger partial charge is 0.338 e. The zero-order valence-electron chi connectivity index (χ0n) is 14.4. The van der Waals surface area contributed by atoms with E-state index in [0.29, 0.717) is 24.0 Å². The van der Waals surface area contributed by atoms with Crippen LogP contribution in [0.3, 0.4) is 0 Å². The van der Waals surface area contributed by atoms with Gasteiger partial charge in [0.25, 0.3) is 0 Å². The van der Waals surface area contributed by atoms with Gasteiger partial charge in [0, 0.05) is 12.1 Å². The van der Waals surface area contributed by atoms with Gasteiger partial charge >= 0.3 is 0 Å². The van der Waals surface area contributed by atoms with E-state index in [1.807, 2.05) is 55.5 Å². The highest BCUT2D eigenvalue weighted by Crippen LogP contribution is 2.27.